The lowest BCUT2D eigenvalue weighted by Crippen LogP contribution is -2.09. The molecule has 0 aliphatic carbocycles. The molecule has 0 bridgehead atoms. The molecule has 0 aliphatic rings. The number of hydrogen-bond donors (Lipinski definition) is 0. The van der Waals surface area contributed by atoms with Crippen LogP contribution in [0.5, 0.6) is 0 Å². The van der Waals surface area contributed by atoms with Crippen LogP contribution >= 0.6 is 17.0 Å². The number of halogens is 1. The van der Waals surface area contributed by atoms with Crippen LogP contribution in [0.25, 0.3) is 0 Å². The van der Waals surface area contributed by atoms with E-state index in [1.54, 1.807) is 0 Å². The first-order valence-electron chi connectivity index (χ1n) is 7.37. The molecule has 1 aromatic heterocycles. The number of unbranched alkanes of at least 4 members (excludes halogenated alkanes) is 5. The molecule has 0 N–H and O–H groups in total. The lowest BCUT2D eigenvalue weighted by molar-refractivity contribution is 0.372. The summed E-state index contributed by atoms with van der Waals surface area (Å²) in [7, 11) is 0. The van der Waals surface area contributed by atoms with E-state index in [0.29, 0.717) is 6.04 Å². The molecule has 1 unspecified atom stereocenters. The van der Waals surface area contributed by atoms with E-state index >= 15 is 0 Å². The standard InChI is InChI=1S/C15H28N2.BrH/c1-3-5-7-8-9-12-15(11-6-4-2)17-14-10-13-16-17;/h10,13-15H,3-9,11-12H2,1-2H3;1H. The molecule has 0 amide bonds. The summed E-state index contributed by atoms with van der Waals surface area (Å²) in [6, 6.07) is 2.67. The summed E-state index contributed by atoms with van der Waals surface area (Å²) in [6.07, 6.45) is 16.1. The van der Waals surface area contributed by atoms with Crippen molar-refractivity contribution in [2.24, 2.45) is 0 Å². The van der Waals surface area contributed by atoms with E-state index < -0.39 is 0 Å². The van der Waals surface area contributed by atoms with Crippen LogP contribution in [0.2, 0.25) is 0 Å². The molecule has 0 radical (unpaired) electrons. The predicted octanol–water partition coefficient (Wildman–Crippen LogP) is 5.55. The van der Waals surface area contributed by atoms with Gasteiger partial charge in [-0.2, -0.15) is 5.10 Å². The summed E-state index contributed by atoms with van der Waals surface area (Å²) in [4.78, 5) is 0. The van der Waals surface area contributed by atoms with Crippen LogP contribution < -0.4 is 0 Å². The third kappa shape index (κ3) is 7.20. The highest BCUT2D eigenvalue weighted by molar-refractivity contribution is 8.93. The lowest BCUT2D eigenvalue weighted by atomic mass is 10.0. The first-order valence-corrected chi connectivity index (χ1v) is 7.37. The quantitative estimate of drug-likeness (QED) is 0.517. The molecule has 106 valence electrons. The summed E-state index contributed by atoms with van der Waals surface area (Å²) < 4.78 is 2.16. The Morgan fingerprint density at radius 1 is 0.944 bits per heavy atom. The maximum atomic E-state index is 4.40. The average Bonchev–Trinajstić information content (AvgIpc) is 2.86. The number of rotatable bonds is 10. The highest BCUT2D eigenvalue weighted by atomic mass is 79.9. The largest absolute Gasteiger partial charge is 0.270 e. The molecule has 18 heavy (non-hydrogen) atoms. The van der Waals surface area contributed by atoms with Gasteiger partial charge in [0.1, 0.15) is 0 Å². The van der Waals surface area contributed by atoms with Crippen molar-refractivity contribution in [3.8, 4) is 0 Å². The Labute approximate surface area is 123 Å². The SMILES string of the molecule is Br.CCCCCCCC(CCCC)n1cccn1. The van der Waals surface area contributed by atoms with E-state index in [1.165, 1.54) is 57.8 Å². The maximum absolute atomic E-state index is 4.40. The molecular formula is C15H29BrN2. The van der Waals surface area contributed by atoms with Gasteiger partial charge in [-0.05, 0) is 18.9 Å². The van der Waals surface area contributed by atoms with Crippen LogP contribution in [-0.4, -0.2) is 9.78 Å². The first-order chi connectivity index (χ1) is 8.38. The molecule has 0 aliphatic heterocycles. The summed E-state index contributed by atoms with van der Waals surface area (Å²) in [5, 5.41) is 4.40. The molecule has 1 rings (SSSR count). The molecule has 0 spiro atoms. The molecule has 3 heteroatoms. The summed E-state index contributed by atoms with van der Waals surface area (Å²) >= 11 is 0. The minimum atomic E-state index is 0. The number of hydrogen-bond acceptors (Lipinski definition) is 1. The second kappa shape index (κ2) is 11.8. The molecule has 0 saturated heterocycles. The molecule has 2 nitrogen and oxygen atoms in total. The van der Waals surface area contributed by atoms with Gasteiger partial charge >= 0.3 is 0 Å². The Morgan fingerprint density at radius 3 is 2.22 bits per heavy atom. The van der Waals surface area contributed by atoms with Crippen molar-refractivity contribution < 1.29 is 0 Å². The van der Waals surface area contributed by atoms with Crippen molar-refractivity contribution in [1.82, 2.24) is 9.78 Å². The number of nitrogens with zero attached hydrogens (tertiary/aromatic N) is 2. The fourth-order valence-electron chi connectivity index (χ4n) is 2.33. The van der Waals surface area contributed by atoms with E-state index in [2.05, 4.69) is 29.8 Å². The number of aromatic nitrogens is 2. The van der Waals surface area contributed by atoms with Gasteiger partial charge in [0.25, 0.3) is 0 Å². The van der Waals surface area contributed by atoms with Crippen LogP contribution in [0.4, 0.5) is 0 Å². The average molecular weight is 317 g/mol. The topological polar surface area (TPSA) is 17.8 Å². The Bertz CT molecular complexity index is 259. The third-order valence-corrected chi connectivity index (χ3v) is 3.43. The van der Waals surface area contributed by atoms with Gasteiger partial charge in [0.2, 0.25) is 0 Å². The van der Waals surface area contributed by atoms with Gasteiger partial charge in [0.15, 0.2) is 0 Å². The van der Waals surface area contributed by atoms with Gasteiger partial charge in [-0.15, -0.1) is 17.0 Å². The van der Waals surface area contributed by atoms with E-state index in [0.717, 1.165) is 0 Å². The second-order valence-electron chi connectivity index (χ2n) is 4.99. The molecule has 0 aromatic carbocycles. The van der Waals surface area contributed by atoms with Crippen LogP contribution in [-0.2, 0) is 0 Å². The van der Waals surface area contributed by atoms with Gasteiger partial charge in [-0.1, -0.05) is 58.8 Å². The molecule has 0 fully saturated rings. The van der Waals surface area contributed by atoms with E-state index in [9.17, 15) is 0 Å². The smallest absolute Gasteiger partial charge is 0.0519 e. The second-order valence-corrected chi connectivity index (χ2v) is 4.99. The van der Waals surface area contributed by atoms with E-state index in [1.807, 2.05) is 12.3 Å². The van der Waals surface area contributed by atoms with E-state index in [-0.39, 0.29) is 17.0 Å². The van der Waals surface area contributed by atoms with Gasteiger partial charge in [0.05, 0.1) is 6.04 Å². The summed E-state index contributed by atoms with van der Waals surface area (Å²) in [5.41, 5.74) is 0. The zero-order valence-electron chi connectivity index (χ0n) is 12.0. The molecule has 0 saturated carbocycles. The van der Waals surface area contributed by atoms with Crippen LogP contribution in [0.3, 0.4) is 0 Å². The van der Waals surface area contributed by atoms with Gasteiger partial charge < -0.3 is 0 Å². The van der Waals surface area contributed by atoms with Crippen molar-refractivity contribution in [2.75, 3.05) is 0 Å². The van der Waals surface area contributed by atoms with Crippen molar-refractivity contribution in [2.45, 2.75) is 77.7 Å². The third-order valence-electron chi connectivity index (χ3n) is 3.43. The van der Waals surface area contributed by atoms with Crippen molar-refractivity contribution in [1.29, 1.82) is 0 Å². The zero-order chi connectivity index (χ0) is 12.3. The van der Waals surface area contributed by atoms with Gasteiger partial charge in [-0.25, -0.2) is 0 Å². The summed E-state index contributed by atoms with van der Waals surface area (Å²) in [5.74, 6) is 0. The lowest BCUT2D eigenvalue weighted by Gasteiger charge is -2.17. The first kappa shape index (κ1) is 17.7. The Kier molecular flexibility index (Phi) is 11.6. The maximum Gasteiger partial charge on any atom is 0.0519 e. The Balaban J connectivity index is 0.00000289. The fourth-order valence-corrected chi connectivity index (χ4v) is 2.33. The van der Waals surface area contributed by atoms with Crippen molar-refractivity contribution in [3.05, 3.63) is 18.5 Å². The molecule has 1 atom stereocenters. The monoisotopic (exact) mass is 316 g/mol. The Morgan fingerprint density at radius 2 is 1.61 bits per heavy atom. The highest BCUT2D eigenvalue weighted by Gasteiger charge is 2.09. The molecular weight excluding hydrogens is 288 g/mol. The minimum Gasteiger partial charge on any atom is -0.270 e. The van der Waals surface area contributed by atoms with Crippen molar-refractivity contribution >= 4 is 17.0 Å². The van der Waals surface area contributed by atoms with Crippen molar-refractivity contribution in [3.63, 3.8) is 0 Å². The summed E-state index contributed by atoms with van der Waals surface area (Å²) in [6.45, 7) is 4.54. The molecule has 1 heterocycles. The zero-order valence-corrected chi connectivity index (χ0v) is 13.7. The fraction of sp³-hybridized carbons (Fsp3) is 0.800. The normalized spacial score (nSPS) is 12.1. The minimum absolute atomic E-state index is 0. The van der Waals surface area contributed by atoms with Crippen LogP contribution in [0.1, 0.15) is 77.7 Å². The predicted molar refractivity (Wildman–Crippen MR) is 84.5 cm³/mol. The Hall–Kier alpha value is -0.310. The van der Waals surface area contributed by atoms with E-state index in [4.69, 9.17) is 0 Å². The van der Waals surface area contributed by atoms with Gasteiger partial charge in [-0.3, -0.25) is 4.68 Å². The van der Waals surface area contributed by atoms with Crippen LogP contribution in [0.15, 0.2) is 18.5 Å². The van der Waals surface area contributed by atoms with Crippen LogP contribution in [0, 0.1) is 0 Å². The molecule has 1 aromatic rings. The van der Waals surface area contributed by atoms with Gasteiger partial charge in [0, 0.05) is 12.4 Å². The highest BCUT2D eigenvalue weighted by Crippen LogP contribution is 2.21.